The van der Waals surface area contributed by atoms with E-state index in [1.165, 1.54) is 9.96 Å². The first kappa shape index (κ1) is 30.3. The summed E-state index contributed by atoms with van der Waals surface area (Å²) in [6.45, 7) is 1.04. The van der Waals surface area contributed by atoms with Crippen molar-refractivity contribution in [2.75, 3.05) is 46.2 Å². The summed E-state index contributed by atoms with van der Waals surface area (Å²) >= 11 is 0. The summed E-state index contributed by atoms with van der Waals surface area (Å²) in [6, 6.07) is 0.593. The number of carbonyl (C=O) groups is 3. The number of ketones is 2. The van der Waals surface area contributed by atoms with Gasteiger partial charge in [-0.1, -0.05) is 0 Å². The number of hydrogen-bond acceptors (Lipinski definition) is 11. The quantitative estimate of drug-likeness (QED) is 0.149. The Labute approximate surface area is 248 Å². The number of nitrogens with two attached hydrogens (primary N) is 2. The van der Waals surface area contributed by atoms with Gasteiger partial charge in [-0.3, -0.25) is 24.1 Å². The third kappa shape index (κ3) is 4.60. The summed E-state index contributed by atoms with van der Waals surface area (Å²) in [5.74, 6) is -6.81. The normalized spacial score (nSPS) is 27.7. The second-order valence-electron chi connectivity index (χ2n) is 11.9. The molecule has 1 amide bonds. The summed E-state index contributed by atoms with van der Waals surface area (Å²) < 4.78 is 0. The lowest BCUT2D eigenvalue weighted by Crippen LogP contribution is -2.65. The van der Waals surface area contributed by atoms with Crippen molar-refractivity contribution in [3.8, 4) is 5.75 Å². The number of primary amides is 1. The Balaban J connectivity index is 1.64. The van der Waals surface area contributed by atoms with Gasteiger partial charge in [0, 0.05) is 43.4 Å². The van der Waals surface area contributed by atoms with Crippen LogP contribution in [-0.4, -0.2) is 107 Å². The number of phenolic OH excluding ortho intramolecular Hbond substituents is 1. The summed E-state index contributed by atoms with van der Waals surface area (Å²) in [5.41, 5.74) is 9.29. The summed E-state index contributed by atoms with van der Waals surface area (Å²) in [7, 11) is 6.72. The highest BCUT2D eigenvalue weighted by atomic mass is 16.7. The summed E-state index contributed by atoms with van der Waals surface area (Å²) in [5, 5.41) is 47.4. The Morgan fingerprint density at radius 1 is 1.16 bits per heavy atom. The van der Waals surface area contributed by atoms with Crippen LogP contribution in [0.1, 0.15) is 36.0 Å². The minimum absolute atomic E-state index is 0.000448. The van der Waals surface area contributed by atoms with Crippen LogP contribution in [0.15, 0.2) is 28.0 Å². The number of rotatable bonds is 5. The molecule has 1 saturated carbocycles. The highest BCUT2D eigenvalue weighted by Crippen LogP contribution is 2.54. The van der Waals surface area contributed by atoms with Crippen molar-refractivity contribution in [2.24, 2.45) is 28.3 Å². The fourth-order valence-corrected chi connectivity index (χ4v) is 6.89. The van der Waals surface area contributed by atoms with Gasteiger partial charge in [-0.2, -0.15) is 0 Å². The second-order valence-corrected chi connectivity index (χ2v) is 11.9. The van der Waals surface area contributed by atoms with E-state index < -0.39 is 58.0 Å². The van der Waals surface area contributed by atoms with Gasteiger partial charge >= 0.3 is 0 Å². The number of Topliss-reactive ketones (excluding diaryl/α,β-unsaturated/α-hetero) is 2. The van der Waals surface area contributed by atoms with E-state index in [2.05, 4.69) is 4.99 Å². The number of benzene rings is 1. The van der Waals surface area contributed by atoms with Gasteiger partial charge in [0.1, 0.15) is 22.8 Å². The number of anilines is 1. The molecule has 2 fully saturated rings. The Bertz CT molecular complexity index is 1490. The molecule has 1 aliphatic heterocycles. The van der Waals surface area contributed by atoms with Gasteiger partial charge in [-0.05, 0) is 57.3 Å². The first-order valence-electron chi connectivity index (χ1n) is 14.1. The molecule has 4 aliphatic rings. The maximum atomic E-state index is 14.1. The fourth-order valence-electron chi connectivity index (χ4n) is 6.89. The molecule has 4 atom stereocenters. The maximum absolute atomic E-state index is 14.1. The molecule has 1 aromatic carbocycles. The summed E-state index contributed by atoms with van der Waals surface area (Å²) in [6.07, 6.45) is 2.00. The Kier molecular flexibility index (Phi) is 7.65. The van der Waals surface area contributed by atoms with E-state index >= 15 is 0 Å². The van der Waals surface area contributed by atoms with Gasteiger partial charge < -0.3 is 36.8 Å². The first-order valence-corrected chi connectivity index (χ1v) is 14.1. The lowest BCUT2D eigenvalue weighted by molar-refractivity contribution is -0.153. The molecule has 232 valence electrons. The third-order valence-electron chi connectivity index (χ3n) is 8.93. The van der Waals surface area contributed by atoms with Crippen LogP contribution in [0.2, 0.25) is 0 Å². The number of aliphatic hydroxyl groups is 3. The smallest absolute Gasteiger partial charge is 0.255 e. The number of hydroxylamine groups is 2. The molecular weight excluding hydrogens is 560 g/mol. The minimum Gasteiger partial charge on any atom is -0.508 e. The van der Waals surface area contributed by atoms with Crippen LogP contribution in [-0.2, 0) is 32.2 Å². The molecule has 0 radical (unpaired) electrons. The predicted molar refractivity (Wildman–Crippen MR) is 156 cm³/mol. The van der Waals surface area contributed by atoms with E-state index in [0.717, 1.165) is 12.8 Å². The zero-order valence-corrected chi connectivity index (χ0v) is 24.6. The van der Waals surface area contributed by atoms with E-state index in [0.29, 0.717) is 30.0 Å². The molecule has 5 rings (SSSR count). The number of guanidine groups is 1. The van der Waals surface area contributed by atoms with Gasteiger partial charge in [-0.15, -0.1) is 0 Å². The number of aromatic hydroxyl groups is 1. The highest BCUT2D eigenvalue weighted by molar-refractivity contribution is 6.24. The largest absolute Gasteiger partial charge is 0.508 e. The van der Waals surface area contributed by atoms with E-state index in [-0.39, 0.29) is 42.2 Å². The van der Waals surface area contributed by atoms with Crippen molar-refractivity contribution in [1.82, 2.24) is 9.96 Å². The average molecular weight is 599 g/mol. The van der Waals surface area contributed by atoms with E-state index in [4.69, 9.17) is 16.3 Å². The van der Waals surface area contributed by atoms with E-state index in [9.17, 15) is 34.8 Å². The van der Waals surface area contributed by atoms with Gasteiger partial charge in [0.05, 0.1) is 24.8 Å². The predicted octanol–water partition coefficient (Wildman–Crippen LogP) is -0.128. The number of carbonyl (C=O) groups excluding carboxylic acids is 3. The molecule has 0 aromatic heterocycles. The van der Waals surface area contributed by atoms with Gasteiger partial charge in [0.2, 0.25) is 11.7 Å². The molecule has 14 heteroatoms. The number of phenols is 1. The van der Waals surface area contributed by atoms with E-state index in [1.807, 2.05) is 4.90 Å². The zero-order chi connectivity index (χ0) is 31.5. The van der Waals surface area contributed by atoms with Crippen LogP contribution in [0, 0.1) is 11.8 Å². The summed E-state index contributed by atoms with van der Waals surface area (Å²) in [4.78, 5) is 52.7. The molecule has 3 aliphatic carbocycles. The van der Waals surface area contributed by atoms with Crippen LogP contribution in [0.5, 0.6) is 5.75 Å². The number of aliphatic hydroxyl groups excluding tert-OH is 2. The molecule has 1 aromatic rings. The lowest BCUT2D eigenvalue weighted by Gasteiger charge is -2.50. The molecule has 1 saturated heterocycles. The molecule has 0 spiro atoms. The topological polar surface area (TPSA) is 215 Å². The Morgan fingerprint density at radius 2 is 1.86 bits per heavy atom. The molecule has 0 bridgehead atoms. The lowest BCUT2D eigenvalue weighted by atomic mass is 9.57. The highest BCUT2D eigenvalue weighted by Gasteiger charge is 2.64. The van der Waals surface area contributed by atoms with Crippen LogP contribution in [0.3, 0.4) is 0 Å². The van der Waals surface area contributed by atoms with Crippen molar-refractivity contribution in [3.05, 3.63) is 39.7 Å². The molecule has 8 N–H and O–H groups in total. The monoisotopic (exact) mass is 598 g/mol. The number of fused-ring (bicyclic) bond motifs is 3. The van der Waals surface area contributed by atoms with E-state index in [1.54, 1.807) is 34.3 Å². The van der Waals surface area contributed by atoms with Crippen molar-refractivity contribution in [1.29, 1.82) is 0 Å². The standard InChI is InChI=1S/C29H38N6O8/c1-33(2)17-11-14(12-32-28(31)35-7-5-6-8-43-35)22(36)19-15(17)9-13-10-16-21(34(3)4)24(38)20(27(30)41)26(40)29(16,42)25(39)18(13)23(19)37/h11,13,16,21,36-37,40,42H,5-10,12H2,1-4H3,(H2,30,41)(H2,31,32)/t13?,16?,21-,29-/m0/s1. The number of nitrogens with zero attached hydrogens (tertiary/aromatic N) is 4. The number of aliphatic imine (C=N–C) groups is 1. The fraction of sp³-hybridized carbons (Fsp3) is 0.517. The van der Waals surface area contributed by atoms with Crippen molar-refractivity contribution in [2.45, 2.75) is 43.9 Å². The number of likely N-dealkylation sites (N-methyl/N-ethyl adjacent to an activating group) is 1. The van der Waals surface area contributed by atoms with Gasteiger partial charge in [-0.25, -0.2) is 10.1 Å². The Morgan fingerprint density at radius 3 is 2.44 bits per heavy atom. The van der Waals surface area contributed by atoms with Crippen LogP contribution >= 0.6 is 0 Å². The van der Waals surface area contributed by atoms with Gasteiger partial charge in [0.25, 0.3) is 5.91 Å². The van der Waals surface area contributed by atoms with Crippen molar-refractivity contribution < 1.29 is 39.6 Å². The van der Waals surface area contributed by atoms with Crippen molar-refractivity contribution >= 4 is 34.9 Å². The molecule has 14 nitrogen and oxygen atoms in total. The van der Waals surface area contributed by atoms with Crippen molar-refractivity contribution in [3.63, 3.8) is 0 Å². The minimum atomic E-state index is -2.70. The second kappa shape index (κ2) is 10.8. The third-order valence-corrected chi connectivity index (χ3v) is 8.93. The molecular formula is C29H38N6O8. The Hall–Kier alpha value is -4.14. The molecule has 43 heavy (non-hydrogen) atoms. The molecule has 1 heterocycles. The maximum Gasteiger partial charge on any atom is 0.255 e. The number of amides is 1. The first-order chi connectivity index (χ1) is 20.2. The zero-order valence-electron chi connectivity index (χ0n) is 24.6. The van der Waals surface area contributed by atoms with Crippen LogP contribution < -0.4 is 16.4 Å². The SMILES string of the molecule is CN(C)c1cc(CN=C(N)N2CCCCO2)c(O)c2c1CC1CC3[C@H](N(C)C)C(=O)C(C(N)=O)=C(O)[C@@]3(O)C(=O)C1=C2O. The average Bonchev–Trinajstić information content (AvgIpc) is 2.94. The van der Waals surface area contributed by atoms with Gasteiger partial charge in [0.15, 0.2) is 11.4 Å². The molecule has 2 unspecified atom stereocenters. The number of hydrogen-bond donors (Lipinski definition) is 6. The van der Waals surface area contributed by atoms with Crippen LogP contribution in [0.4, 0.5) is 5.69 Å². The van der Waals surface area contributed by atoms with Crippen LogP contribution in [0.25, 0.3) is 5.76 Å².